The maximum Gasteiger partial charge on any atom is 0.417 e. The maximum atomic E-state index is 11.1. The molecule has 0 amide bonds. The van der Waals surface area contributed by atoms with E-state index in [4.69, 9.17) is 10.2 Å². The van der Waals surface area contributed by atoms with Crippen LogP contribution in [0.25, 0.3) is 11.1 Å². The lowest BCUT2D eigenvalue weighted by molar-refractivity contribution is 0.555. The van der Waals surface area contributed by atoms with Gasteiger partial charge < -0.3 is 15.5 Å². The summed E-state index contributed by atoms with van der Waals surface area (Å²) in [4.78, 5) is 17.9. The van der Waals surface area contributed by atoms with Gasteiger partial charge in [0.2, 0.25) is 0 Å². The second-order valence-electron chi connectivity index (χ2n) is 4.28. The second kappa shape index (κ2) is 4.16. The molecule has 0 fully saturated rings. The minimum Gasteiger partial charge on any atom is -0.408 e. The van der Waals surface area contributed by atoms with Crippen molar-refractivity contribution in [1.82, 2.24) is 9.97 Å². The van der Waals surface area contributed by atoms with E-state index in [0.29, 0.717) is 22.6 Å². The molecule has 0 aliphatic heterocycles. The van der Waals surface area contributed by atoms with E-state index in [1.54, 1.807) is 18.3 Å². The van der Waals surface area contributed by atoms with Crippen molar-refractivity contribution in [3.05, 3.63) is 46.6 Å². The summed E-state index contributed by atoms with van der Waals surface area (Å²) in [5.41, 5.74) is 9.17. The summed E-state index contributed by atoms with van der Waals surface area (Å²) in [6.07, 6.45) is 1.59. The highest BCUT2D eigenvalue weighted by atomic mass is 16.4. The lowest BCUT2D eigenvalue weighted by atomic mass is 10.2. The van der Waals surface area contributed by atoms with Crippen molar-refractivity contribution >= 4 is 28.3 Å². The summed E-state index contributed by atoms with van der Waals surface area (Å²) in [6.45, 7) is 1.92. The Morgan fingerprint density at radius 2 is 2.21 bits per heavy atom. The molecule has 0 bridgehead atoms. The van der Waals surface area contributed by atoms with E-state index in [1.807, 2.05) is 19.1 Å². The van der Waals surface area contributed by atoms with Crippen LogP contribution in [0.5, 0.6) is 0 Å². The summed E-state index contributed by atoms with van der Waals surface area (Å²) >= 11 is 0. The Morgan fingerprint density at radius 3 is 3.00 bits per heavy atom. The van der Waals surface area contributed by atoms with Crippen LogP contribution < -0.4 is 16.8 Å². The molecule has 2 heterocycles. The van der Waals surface area contributed by atoms with Gasteiger partial charge in [0.25, 0.3) is 0 Å². The fourth-order valence-electron chi connectivity index (χ4n) is 1.89. The van der Waals surface area contributed by atoms with Crippen molar-refractivity contribution < 1.29 is 4.42 Å². The van der Waals surface area contributed by atoms with Crippen LogP contribution in [-0.4, -0.2) is 9.97 Å². The van der Waals surface area contributed by atoms with Crippen LogP contribution in [0, 0.1) is 6.92 Å². The van der Waals surface area contributed by atoms with Crippen LogP contribution in [-0.2, 0) is 0 Å². The molecule has 0 saturated carbocycles. The number of nitrogens with two attached hydrogens (primary N) is 1. The van der Waals surface area contributed by atoms with E-state index in [-0.39, 0.29) is 0 Å². The van der Waals surface area contributed by atoms with Crippen molar-refractivity contribution in [1.29, 1.82) is 0 Å². The summed E-state index contributed by atoms with van der Waals surface area (Å²) in [5, 5.41) is 3.16. The van der Waals surface area contributed by atoms with E-state index in [1.165, 1.54) is 0 Å². The largest absolute Gasteiger partial charge is 0.417 e. The fourth-order valence-corrected chi connectivity index (χ4v) is 1.89. The lowest BCUT2D eigenvalue weighted by Gasteiger charge is -2.08. The summed E-state index contributed by atoms with van der Waals surface area (Å²) < 4.78 is 5.00. The fraction of sp³-hybridized carbons (Fsp3) is 0.0769. The number of pyridine rings is 1. The predicted octanol–water partition coefficient (Wildman–Crippen LogP) is 2.15. The van der Waals surface area contributed by atoms with E-state index < -0.39 is 5.76 Å². The van der Waals surface area contributed by atoms with Gasteiger partial charge in [0.15, 0.2) is 5.58 Å². The van der Waals surface area contributed by atoms with Crippen molar-refractivity contribution in [3.8, 4) is 0 Å². The lowest BCUT2D eigenvalue weighted by Crippen LogP contribution is -1.97. The Balaban J connectivity index is 1.98. The summed E-state index contributed by atoms with van der Waals surface area (Å²) in [7, 11) is 0. The molecule has 1 aromatic carbocycles. The number of anilines is 3. The van der Waals surface area contributed by atoms with Crippen LogP contribution in [0.4, 0.5) is 17.2 Å². The molecule has 0 aliphatic rings. The summed E-state index contributed by atoms with van der Waals surface area (Å²) in [5.74, 6) is 0.250. The molecule has 3 rings (SSSR count). The molecule has 6 nitrogen and oxygen atoms in total. The third-order valence-electron chi connectivity index (χ3n) is 2.78. The molecular formula is C13H12N4O2. The predicted molar refractivity (Wildman–Crippen MR) is 73.5 cm³/mol. The highest BCUT2D eigenvalue weighted by Crippen LogP contribution is 2.22. The number of oxazole rings is 1. The third-order valence-corrected chi connectivity index (χ3v) is 2.78. The number of hydrogen-bond acceptors (Lipinski definition) is 5. The molecule has 3 aromatic rings. The number of rotatable bonds is 2. The molecule has 0 radical (unpaired) electrons. The number of hydrogen-bond donors (Lipinski definition) is 3. The maximum absolute atomic E-state index is 11.1. The van der Waals surface area contributed by atoms with Gasteiger partial charge in [-0.15, -0.1) is 0 Å². The van der Waals surface area contributed by atoms with Gasteiger partial charge in [-0.3, -0.25) is 4.98 Å². The molecular weight excluding hydrogens is 244 g/mol. The average molecular weight is 256 g/mol. The Hall–Kier alpha value is -2.76. The average Bonchev–Trinajstić information content (AvgIpc) is 2.72. The minimum absolute atomic E-state index is 0.464. The van der Waals surface area contributed by atoms with Crippen LogP contribution in [0.3, 0.4) is 0 Å². The zero-order valence-electron chi connectivity index (χ0n) is 10.2. The van der Waals surface area contributed by atoms with E-state index >= 15 is 0 Å². The van der Waals surface area contributed by atoms with Crippen LogP contribution in [0.1, 0.15) is 5.56 Å². The number of aromatic nitrogens is 2. The SMILES string of the molecule is Cc1cc(N)cnc1Nc1ccc2[nH]c(=O)oc2c1. The quantitative estimate of drug-likeness (QED) is 0.652. The zero-order chi connectivity index (χ0) is 13.4. The molecule has 4 N–H and O–H groups in total. The molecule has 0 atom stereocenters. The van der Waals surface area contributed by atoms with Crippen molar-refractivity contribution in [3.63, 3.8) is 0 Å². The van der Waals surface area contributed by atoms with Gasteiger partial charge in [-0.25, -0.2) is 9.78 Å². The van der Waals surface area contributed by atoms with Crippen molar-refractivity contribution in [2.75, 3.05) is 11.1 Å². The standard InChI is InChI=1S/C13H12N4O2/c1-7-4-8(14)6-15-12(7)16-9-2-3-10-11(5-9)19-13(18)17-10/h2-6H,14H2,1H3,(H,15,16)(H,17,18). The normalized spacial score (nSPS) is 10.8. The number of aromatic amines is 1. The number of H-pyrrole nitrogens is 1. The Morgan fingerprint density at radius 1 is 1.37 bits per heavy atom. The molecule has 96 valence electrons. The zero-order valence-corrected chi connectivity index (χ0v) is 10.2. The van der Waals surface area contributed by atoms with Gasteiger partial charge in [-0.1, -0.05) is 0 Å². The molecule has 19 heavy (non-hydrogen) atoms. The molecule has 0 saturated heterocycles. The van der Waals surface area contributed by atoms with Crippen LogP contribution in [0.2, 0.25) is 0 Å². The number of benzene rings is 1. The molecule has 2 aromatic heterocycles. The number of fused-ring (bicyclic) bond motifs is 1. The van der Waals surface area contributed by atoms with Gasteiger partial charge in [0.05, 0.1) is 17.4 Å². The number of aryl methyl sites for hydroxylation is 1. The Labute approximate surface area is 108 Å². The molecule has 0 unspecified atom stereocenters. The smallest absolute Gasteiger partial charge is 0.408 e. The number of nitrogen functional groups attached to an aromatic ring is 1. The first kappa shape index (κ1) is 11.3. The van der Waals surface area contributed by atoms with E-state index in [0.717, 1.165) is 11.3 Å². The second-order valence-corrected chi connectivity index (χ2v) is 4.28. The Bertz CT molecular complexity index is 804. The van der Waals surface area contributed by atoms with Gasteiger partial charge in [0, 0.05) is 11.8 Å². The molecule has 0 aliphatic carbocycles. The first-order valence-corrected chi connectivity index (χ1v) is 5.74. The first-order chi connectivity index (χ1) is 9.11. The summed E-state index contributed by atoms with van der Waals surface area (Å²) in [6, 6.07) is 7.19. The topological polar surface area (TPSA) is 96.9 Å². The van der Waals surface area contributed by atoms with Gasteiger partial charge >= 0.3 is 5.76 Å². The number of nitrogens with one attached hydrogen (secondary N) is 2. The van der Waals surface area contributed by atoms with Gasteiger partial charge in [0.1, 0.15) is 5.82 Å². The minimum atomic E-state index is -0.464. The molecule has 0 spiro atoms. The van der Waals surface area contributed by atoms with Gasteiger partial charge in [-0.2, -0.15) is 0 Å². The van der Waals surface area contributed by atoms with E-state index in [9.17, 15) is 4.79 Å². The van der Waals surface area contributed by atoms with Crippen molar-refractivity contribution in [2.24, 2.45) is 0 Å². The van der Waals surface area contributed by atoms with Gasteiger partial charge in [-0.05, 0) is 30.7 Å². The monoisotopic (exact) mass is 256 g/mol. The Kier molecular flexibility index (Phi) is 2.49. The highest BCUT2D eigenvalue weighted by Gasteiger charge is 2.05. The van der Waals surface area contributed by atoms with E-state index in [2.05, 4.69) is 15.3 Å². The first-order valence-electron chi connectivity index (χ1n) is 5.74. The van der Waals surface area contributed by atoms with Crippen molar-refractivity contribution in [2.45, 2.75) is 6.92 Å². The number of nitrogens with zero attached hydrogens (tertiary/aromatic N) is 1. The highest BCUT2D eigenvalue weighted by molar-refractivity contribution is 5.78. The van der Waals surface area contributed by atoms with Crippen LogP contribution >= 0.6 is 0 Å². The van der Waals surface area contributed by atoms with Crippen LogP contribution in [0.15, 0.2) is 39.7 Å². The third kappa shape index (κ3) is 2.15. The molecule has 6 heteroatoms.